The number of nitrogens with one attached hydrogen (secondary N) is 1. The molecule has 4 rings (SSSR count). The number of nitrogens with zero attached hydrogens (tertiary/aromatic N) is 4. The Hall–Kier alpha value is -3.71. The average Bonchev–Trinajstić information content (AvgIpc) is 3.06. The fourth-order valence-electron chi connectivity index (χ4n) is 3.27. The highest BCUT2D eigenvalue weighted by Gasteiger charge is 2.14. The number of hydrogen-bond acceptors (Lipinski definition) is 4. The minimum atomic E-state index is -0.503. The van der Waals surface area contributed by atoms with Crippen LogP contribution in [0.25, 0.3) is 27.9 Å². The molecule has 0 spiro atoms. The van der Waals surface area contributed by atoms with Crippen LogP contribution < -0.4 is 10.9 Å². The van der Waals surface area contributed by atoms with Gasteiger partial charge < -0.3 is 5.32 Å². The molecule has 0 fully saturated rings. The van der Waals surface area contributed by atoms with Crippen LogP contribution in [-0.2, 0) is 11.8 Å². The van der Waals surface area contributed by atoms with Crippen LogP contribution in [0.3, 0.4) is 0 Å². The lowest BCUT2D eigenvalue weighted by atomic mass is 10.1. The molecule has 2 aromatic carbocycles. The topological polar surface area (TPSA) is 81.8 Å². The first kappa shape index (κ1) is 19.6. The summed E-state index contributed by atoms with van der Waals surface area (Å²) in [7, 11) is 1.88. The van der Waals surface area contributed by atoms with Gasteiger partial charge in [0.2, 0.25) is 0 Å². The molecule has 150 valence electrons. The first-order valence-corrected chi connectivity index (χ1v) is 9.49. The molecule has 0 unspecified atom stereocenters. The molecule has 0 atom stereocenters. The van der Waals surface area contributed by atoms with Crippen molar-refractivity contribution >= 4 is 39.8 Å². The molecule has 8 heteroatoms. The standard InChI is InChI=1S/C22H18ClN5O2/c1-13-11-25-27(3)20(13)15-4-7-17(8-5-15)26-21(29)14(2)28-12-24-19-10-16(23)6-9-18(19)22(28)30/h4-12H,2H2,1,3H3,(H,26,29). The van der Waals surface area contributed by atoms with E-state index in [0.717, 1.165) is 21.4 Å². The molecular weight excluding hydrogens is 402 g/mol. The van der Waals surface area contributed by atoms with E-state index in [9.17, 15) is 9.59 Å². The SMILES string of the molecule is C=C(C(=O)Nc1ccc(-c2c(C)cnn2C)cc1)n1cnc2cc(Cl)ccc2c1=O. The normalized spacial score (nSPS) is 10.9. The molecular formula is C22H18ClN5O2. The Morgan fingerprint density at radius 2 is 1.90 bits per heavy atom. The van der Waals surface area contributed by atoms with E-state index in [1.165, 1.54) is 6.33 Å². The Bertz CT molecular complexity index is 1330. The molecule has 0 aliphatic heterocycles. The molecule has 0 aliphatic rings. The number of amides is 1. The van der Waals surface area contributed by atoms with Gasteiger partial charge in [-0.1, -0.05) is 30.3 Å². The lowest BCUT2D eigenvalue weighted by molar-refractivity contribution is -0.111. The Morgan fingerprint density at radius 3 is 2.57 bits per heavy atom. The summed E-state index contributed by atoms with van der Waals surface area (Å²) in [4.78, 5) is 29.6. The number of carbonyl (C=O) groups is 1. The van der Waals surface area contributed by atoms with Crippen LogP contribution in [0, 0.1) is 6.92 Å². The maximum absolute atomic E-state index is 12.7. The molecule has 0 saturated heterocycles. The zero-order valence-corrected chi connectivity index (χ0v) is 17.1. The second-order valence-electron chi connectivity index (χ2n) is 6.86. The fraction of sp³-hybridized carbons (Fsp3) is 0.0909. The summed E-state index contributed by atoms with van der Waals surface area (Å²) in [5.74, 6) is -0.503. The van der Waals surface area contributed by atoms with Crippen LogP contribution in [-0.4, -0.2) is 25.2 Å². The van der Waals surface area contributed by atoms with Crippen LogP contribution in [0.5, 0.6) is 0 Å². The van der Waals surface area contributed by atoms with Gasteiger partial charge in [-0.25, -0.2) is 4.98 Å². The van der Waals surface area contributed by atoms with E-state index in [1.807, 2.05) is 26.1 Å². The summed E-state index contributed by atoms with van der Waals surface area (Å²) in [6.45, 7) is 5.75. The zero-order valence-electron chi connectivity index (χ0n) is 16.4. The maximum Gasteiger partial charge on any atom is 0.272 e. The maximum atomic E-state index is 12.7. The number of anilines is 1. The predicted octanol–water partition coefficient (Wildman–Crippen LogP) is 3.87. The van der Waals surface area contributed by atoms with Gasteiger partial charge in [0, 0.05) is 23.3 Å². The number of hydrogen-bond donors (Lipinski definition) is 1. The Labute approximate surface area is 177 Å². The zero-order chi connectivity index (χ0) is 21.4. The van der Waals surface area contributed by atoms with Crippen molar-refractivity contribution in [1.82, 2.24) is 19.3 Å². The second kappa shape index (κ2) is 7.61. The van der Waals surface area contributed by atoms with Crippen LogP contribution in [0.4, 0.5) is 5.69 Å². The van der Waals surface area contributed by atoms with E-state index in [-0.39, 0.29) is 11.3 Å². The molecule has 30 heavy (non-hydrogen) atoms. The summed E-state index contributed by atoms with van der Waals surface area (Å²) >= 11 is 5.94. The van der Waals surface area contributed by atoms with E-state index < -0.39 is 5.91 Å². The molecule has 0 aliphatic carbocycles. The Balaban J connectivity index is 1.56. The van der Waals surface area contributed by atoms with Crippen molar-refractivity contribution in [2.45, 2.75) is 6.92 Å². The molecule has 1 amide bonds. The van der Waals surface area contributed by atoms with E-state index >= 15 is 0 Å². The average molecular weight is 420 g/mol. The number of rotatable bonds is 4. The lowest BCUT2D eigenvalue weighted by Crippen LogP contribution is -2.26. The number of halogens is 1. The third-order valence-electron chi connectivity index (χ3n) is 4.81. The molecule has 0 radical (unpaired) electrons. The van der Waals surface area contributed by atoms with E-state index in [1.54, 1.807) is 41.2 Å². The third kappa shape index (κ3) is 3.51. The summed E-state index contributed by atoms with van der Waals surface area (Å²) in [5, 5.41) is 7.83. The van der Waals surface area contributed by atoms with Crippen molar-refractivity contribution < 1.29 is 4.79 Å². The van der Waals surface area contributed by atoms with Gasteiger partial charge in [-0.05, 0) is 42.8 Å². The van der Waals surface area contributed by atoms with Crippen LogP contribution in [0.1, 0.15) is 5.56 Å². The number of fused-ring (bicyclic) bond motifs is 1. The first-order valence-electron chi connectivity index (χ1n) is 9.12. The van der Waals surface area contributed by atoms with Gasteiger partial charge in [-0.3, -0.25) is 18.8 Å². The second-order valence-corrected chi connectivity index (χ2v) is 7.30. The smallest absolute Gasteiger partial charge is 0.272 e. The first-order chi connectivity index (χ1) is 14.3. The Kier molecular flexibility index (Phi) is 4.97. The van der Waals surface area contributed by atoms with Gasteiger partial charge in [0.15, 0.2) is 0 Å². The van der Waals surface area contributed by atoms with Crippen molar-refractivity contribution in [2.75, 3.05) is 5.32 Å². The van der Waals surface area contributed by atoms with Crippen molar-refractivity contribution in [2.24, 2.45) is 7.05 Å². The van der Waals surface area contributed by atoms with Crippen molar-refractivity contribution in [3.8, 4) is 11.3 Å². The largest absolute Gasteiger partial charge is 0.321 e. The summed E-state index contributed by atoms with van der Waals surface area (Å²) in [6, 6.07) is 12.1. The highest BCUT2D eigenvalue weighted by atomic mass is 35.5. The minimum absolute atomic E-state index is 0.0316. The summed E-state index contributed by atoms with van der Waals surface area (Å²) in [6.07, 6.45) is 3.08. The lowest BCUT2D eigenvalue weighted by Gasteiger charge is -2.11. The van der Waals surface area contributed by atoms with Gasteiger partial charge in [-0.15, -0.1) is 0 Å². The minimum Gasteiger partial charge on any atom is -0.321 e. The third-order valence-corrected chi connectivity index (χ3v) is 5.05. The molecule has 0 bridgehead atoms. The molecule has 2 heterocycles. The summed E-state index contributed by atoms with van der Waals surface area (Å²) < 4.78 is 2.93. The van der Waals surface area contributed by atoms with E-state index in [0.29, 0.717) is 21.6 Å². The van der Waals surface area contributed by atoms with Crippen molar-refractivity contribution in [1.29, 1.82) is 0 Å². The van der Waals surface area contributed by atoms with Gasteiger partial charge >= 0.3 is 0 Å². The van der Waals surface area contributed by atoms with E-state index in [2.05, 4.69) is 22.0 Å². The highest BCUT2D eigenvalue weighted by Crippen LogP contribution is 2.24. The van der Waals surface area contributed by atoms with Gasteiger partial charge in [0.05, 0.1) is 22.8 Å². The molecule has 0 saturated carbocycles. The fourth-order valence-corrected chi connectivity index (χ4v) is 3.44. The van der Waals surface area contributed by atoms with Gasteiger partial charge in [0.25, 0.3) is 11.5 Å². The predicted molar refractivity (Wildman–Crippen MR) is 118 cm³/mol. The van der Waals surface area contributed by atoms with E-state index in [4.69, 9.17) is 11.6 Å². The number of benzene rings is 2. The van der Waals surface area contributed by atoms with Crippen molar-refractivity contribution in [3.05, 3.63) is 82.5 Å². The van der Waals surface area contributed by atoms with Gasteiger partial charge in [0.1, 0.15) is 12.0 Å². The quantitative estimate of drug-likeness (QED) is 0.509. The number of carbonyl (C=O) groups excluding carboxylic acids is 1. The number of aryl methyl sites for hydroxylation is 2. The number of aromatic nitrogens is 4. The van der Waals surface area contributed by atoms with Crippen molar-refractivity contribution in [3.63, 3.8) is 0 Å². The highest BCUT2D eigenvalue weighted by molar-refractivity contribution is 6.31. The molecule has 4 aromatic rings. The van der Waals surface area contributed by atoms with Gasteiger partial charge in [-0.2, -0.15) is 5.10 Å². The molecule has 2 aromatic heterocycles. The molecule has 7 nitrogen and oxygen atoms in total. The summed E-state index contributed by atoms with van der Waals surface area (Å²) in [5.41, 5.74) is 3.67. The van der Waals surface area contributed by atoms with Crippen LogP contribution in [0.2, 0.25) is 5.02 Å². The monoisotopic (exact) mass is 419 g/mol. The van der Waals surface area contributed by atoms with Crippen LogP contribution >= 0.6 is 11.6 Å². The Morgan fingerprint density at radius 1 is 1.17 bits per heavy atom. The van der Waals surface area contributed by atoms with Crippen LogP contribution in [0.15, 0.2) is 66.4 Å². The molecule has 1 N–H and O–H groups in total.